The van der Waals surface area contributed by atoms with E-state index in [0.29, 0.717) is 11.5 Å². The number of carbonyl (C=O) groups is 1. The summed E-state index contributed by atoms with van der Waals surface area (Å²) in [6.07, 6.45) is 3.05. The maximum atomic E-state index is 12.2. The molecule has 0 fully saturated rings. The van der Waals surface area contributed by atoms with Gasteiger partial charge in [0.2, 0.25) is 0 Å². The Morgan fingerprint density at radius 3 is 2.57 bits per heavy atom. The first kappa shape index (κ1) is 14.7. The number of methoxy groups -OCH3 is 2. The summed E-state index contributed by atoms with van der Waals surface area (Å²) in [5, 5.41) is 9.76. The summed E-state index contributed by atoms with van der Waals surface area (Å²) < 4.78 is 10.3. The van der Waals surface area contributed by atoms with E-state index >= 15 is 0 Å². The van der Waals surface area contributed by atoms with Gasteiger partial charge < -0.3 is 14.6 Å². The van der Waals surface area contributed by atoms with Crippen molar-refractivity contribution < 1.29 is 19.4 Å². The standard InChI is InChI=1S/C17H16O4/c1-20-13-8-10-16(19)14(11-13)15(18)9-7-12-5-3-4-6-17(12)21-2/h3-11,19H,1-2H3. The predicted molar refractivity (Wildman–Crippen MR) is 81.0 cm³/mol. The van der Waals surface area contributed by atoms with Crippen molar-refractivity contribution in [3.05, 3.63) is 59.7 Å². The number of para-hydroxylation sites is 1. The molecule has 0 aromatic heterocycles. The van der Waals surface area contributed by atoms with Crippen LogP contribution in [0.1, 0.15) is 15.9 Å². The van der Waals surface area contributed by atoms with Crippen LogP contribution >= 0.6 is 0 Å². The molecule has 0 saturated carbocycles. The molecule has 108 valence electrons. The van der Waals surface area contributed by atoms with E-state index in [2.05, 4.69) is 0 Å². The zero-order valence-electron chi connectivity index (χ0n) is 11.9. The van der Waals surface area contributed by atoms with E-state index in [4.69, 9.17) is 9.47 Å². The summed E-state index contributed by atoms with van der Waals surface area (Å²) in [5.41, 5.74) is 0.983. The monoisotopic (exact) mass is 284 g/mol. The lowest BCUT2D eigenvalue weighted by Crippen LogP contribution is -1.96. The topological polar surface area (TPSA) is 55.8 Å². The fourth-order valence-electron chi connectivity index (χ4n) is 1.90. The molecule has 21 heavy (non-hydrogen) atoms. The van der Waals surface area contributed by atoms with Gasteiger partial charge in [-0.3, -0.25) is 4.79 Å². The van der Waals surface area contributed by atoms with Crippen molar-refractivity contribution in [3.63, 3.8) is 0 Å². The Morgan fingerprint density at radius 2 is 1.86 bits per heavy atom. The Hall–Kier alpha value is -2.75. The summed E-state index contributed by atoms with van der Waals surface area (Å²) in [5.74, 6) is 0.807. The molecule has 0 aliphatic heterocycles. The number of phenols is 1. The van der Waals surface area contributed by atoms with Gasteiger partial charge in [0.15, 0.2) is 5.78 Å². The summed E-state index contributed by atoms with van der Waals surface area (Å²) in [4.78, 5) is 12.2. The number of rotatable bonds is 5. The minimum atomic E-state index is -0.308. The molecule has 0 heterocycles. The van der Waals surface area contributed by atoms with Gasteiger partial charge in [0.25, 0.3) is 0 Å². The normalized spacial score (nSPS) is 10.6. The average molecular weight is 284 g/mol. The first-order chi connectivity index (χ1) is 10.2. The summed E-state index contributed by atoms with van der Waals surface area (Å²) >= 11 is 0. The molecule has 2 aromatic carbocycles. The maximum absolute atomic E-state index is 12.2. The van der Waals surface area contributed by atoms with Crippen LogP contribution in [0.25, 0.3) is 6.08 Å². The summed E-state index contributed by atoms with van der Waals surface area (Å²) in [6.45, 7) is 0. The highest BCUT2D eigenvalue weighted by Gasteiger charge is 2.10. The molecule has 0 spiro atoms. The Balaban J connectivity index is 2.27. The van der Waals surface area contributed by atoms with Gasteiger partial charge in [0.1, 0.15) is 17.2 Å². The number of ketones is 1. The average Bonchev–Trinajstić information content (AvgIpc) is 2.53. The highest BCUT2D eigenvalue weighted by Crippen LogP contribution is 2.24. The molecule has 0 aliphatic rings. The van der Waals surface area contributed by atoms with Gasteiger partial charge in [-0.25, -0.2) is 0 Å². The molecule has 1 N–H and O–H groups in total. The van der Waals surface area contributed by atoms with Gasteiger partial charge in [-0.05, 0) is 36.4 Å². The highest BCUT2D eigenvalue weighted by molar-refractivity contribution is 6.08. The van der Waals surface area contributed by atoms with Crippen LogP contribution in [0.4, 0.5) is 0 Å². The van der Waals surface area contributed by atoms with Crippen LogP contribution in [0.2, 0.25) is 0 Å². The SMILES string of the molecule is COc1ccc(O)c(C(=O)C=Cc2ccccc2OC)c1. The molecule has 0 bridgehead atoms. The van der Waals surface area contributed by atoms with Crippen molar-refractivity contribution in [3.8, 4) is 17.2 Å². The van der Waals surface area contributed by atoms with Crippen molar-refractivity contribution in [1.82, 2.24) is 0 Å². The fraction of sp³-hybridized carbons (Fsp3) is 0.118. The molecule has 0 amide bonds. The zero-order valence-corrected chi connectivity index (χ0v) is 11.9. The Morgan fingerprint density at radius 1 is 1.10 bits per heavy atom. The van der Waals surface area contributed by atoms with Gasteiger partial charge in [0, 0.05) is 5.56 Å². The largest absolute Gasteiger partial charge is 0.507 e. The first-order valence-corrected chi connectivity index (χ1v) is 6.38. The highest BCUT2D eigenvalue weighted by atomic mass is 16.5. The Kier molecular flexibility index (Phi) is 4.61. The molecule has 0 atom stereocenters. The molecular weight excluding hydrogens is 268 g/mol. The number of carbonyl (C=O) groups excluding carboxylic acids is 1. The lowest BCUT2D eigenvalue weighted by Gasteiger charge is -2.05. The molecule has 0 aliphatic carbocycles. The molecule has 2 rings (SSSR count). The third-order valence-corrected chi connectivity index (χ3v) is 3.02. The minimum Gasteiger partial charge on any atom is -0.507 e. The van der Waals surface area contributed by atoms with Crippen LogP contribution in [0.3, 0.4) is 0 Å². The zero-order chi connectivity index (χ0) is 15.2. The Bertz CT molecular complexity index is 674. The summed E-state index contributed by atoms with van der Waals surface area (Å²) in [7, 11) is 3.08. The molecular formula is C17H16O4. The number of phenolic OH excluding ortho intramolecular Hbond substituents is 1. The van der Waals surface area contributed by atoms with Gasteiger partial charge in [-0.15, -0.1) is 0 Å². The number of benzene rings is 2. The van der Waals surface area contributed by atoms with Crippen molar-refractivity contribution in [2.24, 2.45) is 0 Å². The van der Waals surface area contributed by atoms with Gasteiger partial charge in [-0.2, -0.15) is 0 Å². The van der Waals surface area contributed by atoms with E-state index < -0.39 is 0 Å². The smallest absolute Gasteiger partial charge is 0.189 e. The van der Waals surface area contributed by atoms with E-state index in [0.717, 1.165) is 5.56 Å². The Labute approximate surface area is 123 Å². The van der Waals surface area contributed by atoms with E-state index in [-0.39, 0.29) is 17.1 Å². The van der Waals surface area contributed by atoms with E-state index in [1.807, 2.05) is 24.3 Å². The lowest BCUT2D eigenvalue weighted by molar-refractivity contribution is 0.104. The number of hydrogen-bond acceptors (Lipinski definition) is 4. The molecule has 2 aromatic rings. The second kappa shape index (κ2) is 6.61. The quantitative estimate of drug-likeness (QED) is 0.676. The summed E-state index contributed by atoms with van der Waals surface area (Å²) in [6, 6.07) is 11.9. The first-order valence-electron chi connectivity index (χ1n) is 6.38. The molecule has 0 unspecified atom stereocenters. The second-order valence-corrected chi connectivity index (χ2v) is 4.32. The molecule has 0 radical (unpaired) electrons. The van der Waals surface area contributed by atoms with E-state index in [9.17, 15) is 9.90 Å². The number of hydrogen-bond donors (Lipinski definition) is 1. The van der Waals surface area contributed by atoms with Crippen LogP contribution in [-0.2, 0) is 0 Å². The molecule has 4 heteroatoms. The maximum Gasteiger partial charge on any atom is 0.189 e. The van der Waals surface area contributed by atoms with Crippen LogP contribution in [0.5, 0.6) is 17.2 Å². The van der Waals surface area contributed by atoms with Gasteiger partial charge in [-0.1, -0.05) is 18.2 Å². The molecule has 0 saturated heterocycles. The van der Waals surface area contributed by atoms with Crippen molar-refractivity contribution in [2.75, 3.05) is 14.2 Å². The second-order valence-electron chi connectivity index (χ2n) is 4.32. The van der Waals surface area contributed by atoms with Crippen molar-refractivity contribution in [2.45, 2.75) is 0 Å². The van der Waals surface area contributed by atoms with Crippen LogP contribution in [0, 0.1) is 0 Å². The number of ether oxygens (including phenoxy) is 2. The van der Waals surface area contributed by atoms with Crippen LogP contribution in [0.15, 0.2) is 48.5 Å². The minimum absolute atomic E-state index is 0.0783. The van der Waals surface area contributed by atoms with E-state index in [1.165, 1.54) is 25.3 Å². The van der Waals surface area contributed by atoms with Crippen molar-refractivity contribution in [1.29, 1.82) is 0 Å². The lowest BCUT2D eigenvalue weighted by atomic mass is 10.1. The predicted octanol–water partition coefficient (Wildman–Crippen LogP) is 3.31. The fourth-order valence-corrected chi connectivity index (χ4v) is 1.90. The van der Waals surface area contributed by atoms with E-state index in [1.54, 1.807) is 19.3 Å². The van der Waals surface area contributed by atoms with Crippen molar-refractivity contribution >= 4 is 11.9 Å². The van der Waals surface area contributed by atoms with Gasteiger partial charge >= 0.3 is 0 Å². The number of allylic oxidation sites excluding steroid dienone is 1. The van der Waals surface area contributed by atoms with Crippen LogP contribution < -0.4 is 9.47 Å². The number of aromatic hydroxyl groups is 1. The van der Waals surface area contributed by atoms with Crippen LogP contribution in [-0.4, -0.2) is 25.1 Å². The molecule has 4 nitrogen and oxygen atoms in total. The third-order valence-electron chi connectivity index (χ3n) is 3.02. The third kappa shape index (κ3) is 3.42. The van der Waals surface area contributed by atoms with Gasteiger partial charge in [0.05, 0.1) is 19.8 Å².